The monoisotopic (exact) mass is 239 g/mol. The molecular formula is C11H17N3O3. The van der Waals surface area contributed by atoms with Crippen molar-refractivity contribution in [2.75, 3.05) is 33.0 Å². The number of methoxy groups -OCH3 is 1. The van der Waals surface area contributed by atoms with Gasteiger partial charge in [0, 0.05) is 26.9 Å². The van der Waals surface area contributed by atoms with E-state index in [9.17, 15) is 9.90 Å². The standard InChI is InChI=1S/C11H17N3O3/c1-14(6-8(15)7-17-2)11(16)10-9(12)4-3-5-13-10/h3-5,8,15H,6-7,12H2,1-2H3. The Hall–Kier alpha value is -1.66. The lowest BCUT2D eigenvalue weighted by molar-refractivity contribution is 0.0378. The maximum Gasteiger partial charge on any atom is 0.274 e. The summed E-state index contributed by atoms with van der Waals surface area (Å²) in [6.07, 6.45) is 0.780. The first-order valence-corrected chi connectivity index (χ1v) is 5.19. The van der Waals surface area contributed by atoms with Gasteiger partial charge in [-0.1, -0.05) is 0 Å². The topological polar surface area (TPSA) is 88.7 Å². The first kappa shape index (κ1) is 13.4. The van der Waals surface area contributed by atoms with Crippen molar-refractivity contribution in [3.8, 4) is 0 Å². The number of pyridine rings is 1. The number of hydrogen-bond donors (Lipinski definition) is 2. The lowest BCUT2D eigenvalue weighted by Gasteiger charge is -2.20. The highest BCUT2D eigenvalue weighted by Crippen LogP contribution is 2.09. The number of aromatic nitrogens is 1. The minimum atomic E-state index is -0.723. The summed E-state index contributed by atoms with van der Waals surface area (Å²) in [7, 11) is 3.07. The molecule has 0 aliphatic rings. The summed E-state index contributed by atoms with van der Waals surface area (Å²) < 4.78 is 4.79. The van der Waals surface area contributed by atoms with Crippen molar-refractivity contribution in [3.63, 3.8) is 0 Å². The second-order valence-corrected chi connectivity index (χ2v) is 3.74. The Morgan fingerprint density at radius 2 is 2.41 bits per heavy atom. The average Bonchev–Trinajstić information content (AvgIpc) is 2.29. The number of carbonyl (C=O) groups excluding carboxylic acids is 1. The van der Waals surface area contributed by atoms with E-state index < -0.39 is 6.10 Å². The van der Waals surface area contributed by atoms with Gasteiger partial charge in [0.2, 0.25) is 0 Å². The predicted octanol–water partition coefficient (Wildman–Crippen LogP) is -0.257. The number of rotatable bonds is 5. The fourth-order valence-electron chi connectivity index (χ4n) is 1.42. The van der Waals surface area contributed by atoms with E-state index in [2.05, 4.69) is 4.98 Å². The number of aliphatic hydroxyl groups excluding tert-OH is 1. The second-order valence-electron chi connectivity index (χ2n) is 3.74. The van der Waals surface area contributed by atoms with Gasteiger partial charge in [-0.2, -0.15) is 0 Å². The van der Waals surface area contributed by atoms with E-state index in [1.54, 1.807) is 19.2 Å². The van der Waals surface area contributed by atoms with Crippen LogP contribution < -0.4 is 5.73 Å². The zero-order chi connectivity index (χ0) is 12.8. The predicted molar refractivity (Wildman–Crippen MR) is 63.5 cm³/mol. The van der Waals surface area contributed by atoms with Crippen LogP contribution in [-0.4, -0.2) is 54.3 Å². The Balaban J connectivity index is 2.67. The SMILES string of the molecule is COCC(O)CN(C)C(=O)c1ncccc1N. The third-order valence-corrected chi connectivity index (χ3v) is 2.23. The van der Waals surface area contributed by atoms with Gasteiger partial charge in [0.25, 0.3) is 5.91 Å². The van der Waals surface area contributed by atoms with Crippen LogP contribution in [0.1, 0.15) is 10.5 Å². The molecule has 6 heteroatoms. The molecule has 0 aliphatic heterocycles. The van der Waals surface area contributed by atoms with Gasteiger partial charge < -0.3 is 20.5 Å². The molecule has 1 amide bonds. The lowest BCUT2D eigenvalue weighted by Crippen LogP contribution is -2.36. The van der Waals surface area contributed by atoms with Crippen molar-refractivity contribution in [1.82, 2.24) is 9.88 Å². The summed E-state index contributed by atoms with van der Waals surface area (Å²) in [4.78, 5) is 17.2. The number of nitrogens with two attached hydrogens (primary N) is 1. The van der Waals surface area contributed by atoms with E-state index in [0.717, 1.165) is 0 Å². The molecule has 0 radical (unpaired) electrons. The molecular weight excluding hydrogens is 222 g/mol. The van der Waals surface area contributed by atoms with Crippen molar-refractivity contribution in [1.29, 1.82) is 0 Å². The van der Waals surface area contributed by atoms with Crippen LogP contribution in [-0.2, 0) is 4.74 Å². The largest absolute Gasteiger partial charge is 0.397 e. The van der Waals surface area contributed by atoms with E-state index in [1.807, 2.05) is 0 Å². The number of likely N-dealkylation sites (N-methyl/N-ethyl adjacent to an activating group) is 1. The number of hydrogen-bond acceptors (Lipinski definition) is 5. The molecule has 1 unspecified atom stereocenters. The Bertz CT molecular complexity index is 384. The second kappa shape index (κ2) is 6.17. The Kier molecular flexibility index (Phi) is 4.86. The number of anilines is 1. The van der Waals surface area contributed by atoms with Gasteiger partial charge in [-0.3, -0.25) is 4.79 Å². The molecule has 6 nitrogen and oxygen atoms in total. The summed E-state index contributed by atoms with van der Waals surface area (Å²) in [5.41, 5.74) is 6.17. The first-order valence-electron chi connectivity index (χ1n) is 5.19. The smallest absolute Gasteiger partial charge is 0.274 e. The molecule has 3 N–H and O–H groups in total. The molecule has 0 fully saturated rings. The summed E-state index contributed by atoms with van der Waals surface area (Å²) in [6.45, 7) is 0.345. The van der Waals surface area contributed by atoms with Gasteiger partial charge in [0.15, 0.2) is 5.69 Å². The molecule has 1 atom stereocenters. The van der Waals surface area contributed by atoms with Gasteiger partial charge in [-0.05, 0) is 12.1 Å². The molecule has 0 saturated heterocycles. The molecule has 17 heavy (non-hydrogen) atoms. The lowest BCUT2D eigenvalue weighted by atomic mass is 10.2. The Morgan fingerprint density at radius 1 is 1.71 bits per heavy atom. The van der Waals surface area contributed by atoms with E-state index in [1.165, 1.54) is 18.2 Å². The van der Waals surface area contributed by atoms with Gasteiger partial charge in [-0.25, -0.2) is 4.98 Å². The van der Waals surface area contributed by atoms with Gasteiger partial charge in [0.1, 0.15) is 0 Å². The molecule has 0 aromatic carbocycles. The zero-order valence-corrected chi connectivity index (χ0v) is 9.96. The van der Waals surface area contributed by atoms with Crippen molar-refractivity contribution >= 4 is 11.6 Å². The molecule has 1 rings (SSSR count). The molecule has 94 valence electrons. The van der Waals surface area contributed by atoms with Crippen LogP contribution in [0.3, 0.4) is 0 Å². The van der Waals surface area contributed by atoms with E-state index in [0.29, 0.717) is 5.69 Å². The van der Waals surface area contributed by atoms with Crippen molar-refractivity contribution in [3.05, 3.63) is 24.0 Å². The number of nitrogens with zero attached hydrogens (tertiary/aromatic N) is 2. The van der Waals surface area contributed by atoms with Gasteiger partial charge in [0.05, 0.1) is 18.4 Å². The average molecular weight is 239 g/mol. The van der Waals surface area contributed by atoms with Crippen molar-refractivity contribution < 1.29 is 14.6 Å². The van der Waals surface area contributed by atoms with Crippen LogP contribution in [0.15, 0.2) is 18.3 Å². The van der Waals surface area contributed by atoms with Crippen molar-refractivity contribution in [2.45, 2.75) is 6.10 Å². The highest BCUT2D eigenvalue weighted by molar-refractivity contribution is 5.96. The summed E-state index contributed by atoms with van der Waals surface area (Å²) in [5.74, 6) is -0.321. The highest BCUT2D eigenvalue weighted by atomic mass is 16.5. The molecule has 0 spiro atoms. The summed E-state index contributed by atoms with van der Waals surface area (Å²) in [6, 6.07) is 3.27. The van der Waals surface area contributed by atoms with Gasteiger partial charge >= 0.3 is 0 Å². The van der Waals surface area contributed by atoms with Crippen LogP contribution >= 0.6 is 0 Å². The van der Waals surface area contributed by atoms with E-state index in [-0.39, 0.29) is 24.8 Å². The number of ether oxygens (including phenoxy) is 1. The van der Waals surface area contributed by atoms with Crippen LogP contribution in [0.4, 0.5) is 5.69 Å². The molecule has 1 heterocycles. The molecule has 0 aliphatic carbocycles. The van der Waals surface area contributed by atoms with E-state index >= 15 is 0 Å². The zero-order valence-electron chi connectivity index (χ0n) is 9.96. The molecule has 1 aromatic heterocycles. The normalized spacial score (nSPS) is 12.2. The van der Waals surface area contributed by atoms with Crippen LogP contribution in [0.25, 0.3) is 0 Å². The fourth-order valence-corrected chi connectivity index (χ4v) is 1.42. The van der Waals surface area contributed by atoms with Crippen molar-refractivity contribution in [2.24, 2.45) is 0 Å². The highest BCUT2D eigenvalue weighted by Gasteiger charge is 2.18. The summed E-state index contributed by atoms with van der Waals surface area (Å²) in [5, 5.41) is 9.51. The maximum atomic E-state index is 11.9. The number of carbonyl (C=O) groups is 1. The quantitative estimate of drug-likeness (QED) is 0.739. The molecule has 0 bridgehead atoms. The van der Waals surface area contributed by atoms with Crippen LogP contribution in [0.5, 0.6) is 0 Å². The van der Waals surface area contributed by atoms with Crippen LogP contribution in [0, 0.1) is 0 Å². The van der Waals surface area contributed by atoms with Gasteiger partial charge in [-0.15, -0.1) is 0 Å². The Morgan fingerprint density at radius 3 is 3.00 bits per heavy atom. The summed E-state index contributed by atoms with van der Waals surface area (Å²) >= 11 is 0. The fraction of sp³-hybridized carbons (Fsp3) is 0.455. The third kappa shape index (κ3) is 3.69. The Labute approximate surface area is 100 Å². The first-order chi connectivity index (χ1) is 8.06. The minimum Gasteiger partial charge on any atom is -0.397 e. The number of amides is 1. The molecule has 0 saturated carbocycles. The van der Waals surface area contributed by atoms with E-state index in [4.69, 9.17) is 10.5 Å². The number of aliphatic hydroxyl groups is 1. The third-order valence-electron chi connectivity index (χ3n) is 2.23. The number of nitrogen functional groups attached to an aromatic ring is 1. The minimum absolute atomic E-state index is 0.169. The molecule has 1 aromatic rings. The maximum absolute atomic E-state index is 11.9. The van der Waals surface area contributed by atoms with Crippen LogP contribution in [0.2, 0.25) is 0 Å².